The van der Waals surface area contributed by atoms with Crippen LogP contribution in [0.4, 0.5) is 5.69 Å². The molecule has 0 unspecified atom stereocenters. The van der Waals surface area contributed by atoms with Crippen molar-refractivity contribution in [2.45, 2.75) is 12.8 Å². The van der Waals surface area contributed by atoms with Gasteiger partial charge in [-0.1, -0.05) is 18.2 Å². The van der Waals surface area contributed by atoms with Crippen molar-refractivity contribution in [2.24, 2.45) is 0 Å². The van der Waals surface area contributed by atoms with Gasteiger partial charge in [0, 0.05) is 29.2 Å². The van der Waals surface area contributed by atoms with E-state index in [1.807, 2.05) is 36.5 Å². The quantitative estimate of drug-likeness (QED) is 0.670. The van der Waals surface area contributed by atoms with Gasteiger partial charge in [0.05, 0.1) is 11.6 Å². The van der Waals surface area contributed by atoms with Crippen LogP contribution >= 0.6 is 0 Å². The van der Waals surface area contributed by atoms with Gasteiger partial charge in [0.25, 0.3) is 5.91 Å². The minimum atomic E-state index is -0.426. The summed E-state index contributed by atoms with van der Waals surface area (Å²) in [6, 6.07) is 16.3. The zero-order chi connectivity index (χ0) is 18.4. The van der Waals surface area contributed by atoms with Crippen molar-refractivity contribution in [1.29, 1.82) is 5.26 Å². The lowest BCUT2D eigenvalue weighted by atomic mass is 10.1. The largest absolute Gasteiger partial charge is 0.456 e. The molecule has 1 heterocycles. The van der Waals surface area contributed by atoms with Crippen molar-refractivity contribution >= 4 is 28.5 Å². The number of rotatable bonds is 6. The van der Waals surface area contributed by atoms with E-state index in [0.29, 0.717) is 17.7 Å². The first-order chi connectivity index (χ1) is 12.7. The monoisotopic (exact) mass is 347 g/mol. The number of anilines is 1. The van der Waals surface area contributed by atoms with Gasteiger partial charge >= 0.3 is 5.97 Å². The zero-order valence-corrected chi connectivity index (χ0v) is 14.0. The third-order valence-corrected chi connectivity index (χ3v) is 3.94. The zero-order valence-electron chi connectivity index (χ0n) is 14.0. The number of amides is 1. The number of aryl methyl sites for hydroxylation is 1. The van der Waals surface area contributed by atoms with Gasteiger partial charge < -0.3 is 15.0 Å². The minimum Gasteiger partial charge on any atom is -0.456 e. The predicted molar refractivity (Wildman–Crippen MR) is 97.4 cm³/mol. The second-order valence-corrected chi connectivity index (χ2v) is 5.76. The van der Waals surface area contributed by atoms with E-state index in [4.69, 9.17) is 10.00 Å². The van der Waals surface area contributed by atoms with E-state index in [1.165, 1.54) is 0 Å². The molecule has 2 aromatic carbocycles. The molecular formula is C20H17N3O3. The van der Waals surface area contributed by atoms with Gasteiger partial charge in [-0.05, 0) is 42.3 Å². The molecule has 0 aliphatic heterocycles. The summed E-state index contributed by atoms with van der Waals surface area (Å²) in [4.78, 5) is 26.8. The molecule has 0 saturated carbocycles. The molecule has 0 aliphatic carbocycles. The molecule has 130 valence electrons. The standard InChI is InChI=1S/C20H17N3O3/c21-11-14-5-8-16(9-6-14)23-19(24)13-26-20(25)10-7-15-12-22-18-4-2-1-3-17(15)18/h1-6,8-9,12,22H,7,10,13H2,(H,23,24). The number of hydrogen-bond acceptors (Lipinski definition) is 4. The molecule has 0 fully saturated rings. The molecular weight excluding hydrogens is 330 g/mol. The molecule has 3 aromatic rings. The van der Waals surface area contributed by atoms with Gasteiger partial charge in [-0.15, -0.1) is 0 Å². The maximum absolute atomic E-state index is 11.9. The highest BCUT2D eigenvalue weighted by molar-refractivity contribution is 5.92. The summed E-state index contributed by atoms with van der Waals surface area (Å²) < 4.78 is 5.02. The Morgan fingerprint density at radius 3 is 2.65 bits per heavy atom. The number of ether oxygens (including phenoxy) is 1. The van der Waals surface area contributed by atoms with Crippen molar-refractivity contribution in [3.05, 3.63) is 65.9 Å². The Bertz CT molecular complexity index is 968. The SMILES string of the molecule is N#Cc1ccc(NC(=O)COC(=O)CCc2c[nH]c3ccccc23)cc1. The van der Waals surface area contributed by atoms with Crippen LogP contribution in [0.15, 0.2) is 54.7 Å². The Morgan fingerprint density at radius 2 is 1.88 bits per heavy atom. The number of esters is 1. The minimum absolute atomic E-state index is 0.200. The molecule has 0 spiro atoms. The molecule has 1 aromatic heterocycles. The lowest BCUT2D eigenvalue weighted by Crippen LogP contribution is -2.21. The smallest absolute Gasteiger partial charge is 0.306 e. The van der Waals surface area contributed by atoms with Crippen molar-refractivity contribution in [3.63, 3.8) is 0 Å². The van der Waals surface area contributed by atoms with E-state index in [9.17, 15) is 9.59 Å². The van der Waals surface area contributed by atoms with Crippen LogP contribution in [0.1, 0.15) is 17.5 Å². The maximum atomic E-state index is 11.9. The highest BCUT2D eigenvalue weighted by Gasteiger charge is 2.10. The Kier molecular flexibility index (Phi) is 5.30. The van der Waals surface area contributed by atoms with E-state index < -0.39 is 11.9 Å². The molecule has 1 amide bonds. The van der Waals surface area contributed by atoms with Crippen molar-refractivity contribution in [1.82, 2.24) is 4.98 Å². The van der Waals surface area contributed by atoms with Crippen LogP contribution in [0.5, 0.6) is 0 Å². The van der Waals surface area contributed by atoms with Crippen LogP contribution in [0, 0.1) is 11.3 Å². The predicted octanol–water partition coefficient (Wildman–Crippen LogP) is 3.15. The van der Waals surface area contributed by atoms with Crippen LogP contribution in [-0.4, -0.2) is 23.5 Å². The van der Waals surface area contributed by atoms with E-state index >= 15 is 0 Å². The Hall–Kier alpha value is -3.59. The number of nitrogens with zero attached hydrogens (tertiary/aromatic N) is 1. The van der Waals surface area contributed by atoms with Gasteiger partial charge in [0.15, 0.2) is 6.61 Å². The number of nitriles is 1. The number of aromatic amines is 1. The first kappa shape index (κ1) is 17.2. The number of benzene rings is 2. The fraction of sp³-hybridized carbons (Fsp3) is 0.150. The molecule has 3 rings (SSSR count). The maximum Gasteiger partial charge on any atom is 0.306 e. The van der Waals surface area contributed by atoms with Gasteiger partial charge in [-0.3, -0.25) is 9.59 Å². The number of H-pyrrole nitrogens is 1. The molecule has 2 N–H and O–H groups in total. The second kappa shape index (κ2) is 7.99. The summed E-state index contributed by atoms with van der Waals surface area (Å²) in [6.45, 7) is -0.341. The summed E-state index contributed by atoms with van der Waals surface area (Å²) in [5, 5.41) is 12.4. The number of aromatic nitrogens is 1. The van der Waals surface area contributed by atoms with E-state index in [-0.39, 0.29) is 13.0 Å². The highest BCUT2D eigenvalue weighted by atomic mass is 16.5. The van der Waals surface area contributed by atoms with Gasteiger partial charge in [-0.25, -0.2) is 0 Å². The van der Waals surface area contributed by atoms with E-state index in [1.54, 1.807) is 24.3 Å². The third-order valence-electron chi connectivity index (χ3n) is 3.94. The Morgan fingerprint density at radius 1 is 1.12 bits per heavy atom. The first-order valence-electron chi connectivity index (χ1n) is 8.16. The molecule has 0 aliphatic rings. The van der Waals surface area contributed by atoms with Crippen LogP contribution in [-0.2, 0) is 20.7 Å². The molecule has 6 nitrogen and oxygen atoms in total. The summed E-state index contributed by atoms with van der Waals surface area (Å²) in [5.41, 5.74) is 3.12. The van der Waals surface area contributed by atoms with Gasteiger partial charge in [-0.2, -0.15) is 5.26 Å². The summed E-state index contributed by atoms with van der Waals surface area (Å²) in [6.07, 6.45) is 2.63. The van der Waals surface area contributed by atoms with E-state index in [0.717, 1.165) is 16.5 Å². The average Bonchev–Trinajstić information content (AvgIpc) is 3.08. The fourth-order valence-corrected chi connectivity index (χ4v) is 2.62. The number of hydrogen-bond donors (Lipinski definition) is 2. The van der Waals surface area contributed by atoms with Gasteiger partial charge in [0.2, 0.25) is 0 Å². The van der Waals surface area contributed by atoms with Crippen LogP contribution in [0.2, 0.25) is 0 Å². The highest BCUT2D eigenvalue weighted by Crippen LogP contribution is 2.19. The molecule has 26 heavy (non-hydrogen) atoms. The molecule has 0 saturated heterocycles. The number of para-hydroxylation sites is 1. The molecule has 0 bridgehead atoms. The Labute approximate surface area is 150 Å². The Balaban J connectivity index is 1.44. The topological polar surface area (TPSA) is 95.0 Å². The molecule has 0 atom stereocenters. The van der Waals surface area contributed by atoms with Crippen LogP contribution in [0.3, 0.4) is 0 Å². The average molecular weight is 347 g/mol. The number of nitrogens with one attached hydrogen (secondary N) is 2. The van der Waals surface area contributed by atoms with Crippen LogP contribution < -0.4 is 5.32 Å². The summed E-state index contributed by atoms with van der Waals surface area (Å²) in [7, 11) is 0. The number of fused-ring (bicyclic) bond motifs is 1. The van der Waals surface area contributed by atoms with Crippen LogP contribution in [0.25, 0.3) is 10.9 Å². The van der Waals surface area contributed by atoms with E-state index in [2.05, 4.69) is 10.3 Å². The second-order valence-electron chi connectivity index (χ2n) is 5.76. The molecule has 6 heteroatoms. The van der Waals surface area contributed by atoms with Crippen molar-refractivity contribution in [3.8, 4) is 6.07 Å². The van der Waals surface area contributed by atoms with Gasteiger partial charge in [0.1, 0.15) is 0 Å². The first-order valence-corrected chi connectivity index (χ1v) is 8.16. The fourth-order valence-electron chi connectivity index (χ4n) is 2.62. The summed E-state index contributed by atoms with van der Waals surface area (Å²) >= 11 is 0. The lowest BCUT2D eigenvalue weighted by molar-refractivity contribution is -0.147. The number of carbonyl (C=O) groups is 2. The lowest BCUT2D eigenvalue weighted by Gasteiger charge is -2.06. The number of carbonyl (C=O) groups excluding carboxylic acids is 2. The third kappa shape index (κ3) is 4.28. The summed E-state index contributed by atoms with van der Waals surface area (Å²) in [5.74, 6) is -0.847. The molecule has 0 radical (unpaired) electrons. The van der Waals surface area contributed by atoms with Crippen molar-refractivity contribution < 1.29 is 14.3 Å². The normalized spacial score (nSPS) is 10.3. The van der Waals surface area contributed by atoms with Crippen molar-refractivity contribution in [2.75, 3.05) is 11.9 Å².